The van der Waals surface area contributed by atoms with Crippen LogP contribution in [-0.4, -0.2) is 133 Å². The van der Waals surface area contributed by atoms with Gasteiger partial charge in [0.05, 0.1) is 48.0 Å². The van der Waals surface area contributed by atoms with Crippen molar-refractivity contribution in [3.63, 3.8) is 0 Å². The molecule has 0 spiro atoms. The van der Waals surface area contributed by atoms with E-state index >= 15 is 0 Å². The first-order chi connectivity index (χ1) is 63.8. The first-order valence-electron chi connectivity index (χ1n) is 44.1. The molecule has 4 aromatic heterocycles. The predicted molar refractivity (Wildman–Crippen MR) is 561 cm³/mol. The first-order valence-corrected chi connectivity index (χ1v) is 58.5. The number of aromatic nitrogens is 8. The zero-order valence-corrected chi connectivity index (χ0v) is 87.6. The van der Waals surface area contributed by atoms with Gasteiger partial charge in [0, 0.05) is 72.2 Å². The molecule has 37 heteroatoms. The predicted octanol–water partition coefficient (Wildman–Crippen LogP) is 18.2. The van der Waals surface area contributed by atoms with Crippen LogP contribution >= 0.6 is 96.7 Å². The van der Waals surface area contributed by atoms with Gasteiger partial charge in [-0.2, -0.15) is 14.4 Å². The number of nitriles is 2. The van der Waals surface area contributed by atoms with Gasteiger partial charge in [0.15, 0.2) is 0 Å². The topological polar surface area (TPSA) is 395 Å². The molecular formula is C96H115I4N15O16P2. The summed E-state index contributed by atoms with van der Waals surface area (Å²) in [6.45, 7) is 25.3. The summed E-state index contributed by atoms with van der Waals surface area (Å²) in [7, 11) is -0.478. The number of rotatable bonds is 34. The van der Waals surface area contributed by atoms with Crippen molar-refractivity contribution in [1.29, 1.82) is 10.5 Å². The molecule has 2 aliphatic rings. The Morgan fingerprint density at radius 1 is 0.504 bits per heavy atom. The van der Waals surface area contributed by atoms with E-state index in [1.807, 2.05) is 67.1 Å². The third-order valence-corrected chi connectivity index (χ3v) is 40.6. The van der Waals surface area contributed by atoms with Crippen LogP contribution in [0.1, 0.15) is 217 Å². The van der Waals surface area contributed by atoms with Gasteiger partial charge in [0.25, 0.3) is 54.4 Å². The second-order valence-electron chi connectivity index (χ2n) is 31.5. The van der Waals surface area contributed by atoms with Crippen molar-refractivity contribution in [2.45, 2.75) is 192 Å². The molecule has 31 nitrogen and oxygen atoms in total. The number of alkyl halides is 3. The van der Waals surface area contributed by atoms with Gasteiger partial charge in [-0.25, -0.2) is 33.0 Å². The van der Waals surface area contributed by atoms with Crippen LogP contribution < -0.4 is 54.8 Å². The Labute approximate surface area is 820 Å². The number of hydrogen-bond acceptors (Lipinski definition) is 23. The van der Waals surface area contributed by atoms with Gasteiger partial charge in [0.2, 0.25) is 0 Å². The molecular weight excluding hydrogens is 2190 g/mol. The van der Waals surface area contributed by atoms with Gasteiger partial charge >= 0.3 is 140 Å². The van der Waals surface area contributed by atoms with E-state index in [9.17, 15) is 67.5 Å². The zero-order chi connectivity index (χ0) is 97.4. The summed E-state index contributed by atoms with van der Waals surface area (Å²) >= 11 is 6.04. The van der Waals surface area contributed by atoms with E-state index in [1.165, 1.54) is 66.6 Å². The third kappa shape index (κ3) is 27.5. The quantitative estimate of drug-likeness (QED) is 0.00842. The van der Waals surface area contributed by atoms with E-state index in [4.69, 9.17) is 19.6 Å². The van der Waals surface area contributed by atoms with Crippen LogP contribution in [0.3, 0.4) is 0 Å². The van der Waals surface area contributed by atoms with Crippen LogP contribution in [0.4, 0.5) is 34.6 Å². The molecule has 0 saturated heterocycles. The second-order valence-corrected chi connectivity index (χ2v) is 48.1. The molecule has 0 saturated carbocycles. The number of carbonyl (C=O) groups excluding carboxylic acids is 4. The molecule has 0 aliphatic carbocycles. The first kappa shape index (κ1) is 109. The van der Waals surface area contributed by atoms with Gasteiger partial charge in [-0.1, -0.05) is 181 Å². The Morgan fingerprint density at radius 2 is 0.865 bits per heavy atom. The molecule has 708 valence electrons. The Kier molecular flexibility index (Phi) is 43.9. The number of nitroso groups, excluding NO2 is 1. The summed E-state index contributed by atoms with van der Waals surface area (Å²) in [5.74, 6) is -3.54. The monoisotopic (exact) mass is 2300 g/mol. The van der Waals surface area contributed by atoms with Crippen molar-refractivity contribution >= 4 is 155 Å². The Morgan fingerprint density at radius 3 is 1.19 bits per heavy atom. The van der Waals surface area contributed by atoms with E-state index in [2.05, 4.69) is 121 Å². The second kappa shape index (κ2) is 53.7. The van der Waals surface area contributed by atoms with Crippen LogP contribution in [0.15, 0.2) is 189 Å². The van der Waals surface area contributed by atoms with E-state index in [0.29, 0.717) is 71.6 Å². The minimum absolute atomic E-state index is 0.0204. The standard InChI is InChI=1S/C44H48N7O8P.C37H35N5O7.C9H18I2N3OP.2C3H7I/c1-7-8-24-48-41(54)36-27-35-37(46-43(56)51(42(35)55)40(53)33-18-12-30(5)13-19-33)49(38(36)50(44(48)57)39(52)32-16-10-29(4)11-17-32)34-20-14-31(15-21-34)22-26-59-60(47(6)28(2)3)58-25-9-23-45;1-4-5-19-39-34(46)29-21-28-30(38-36(48)42(35(28)47)33(45)26-14-8-23(3)9-15-26)40(27-16-10-24(11-17-27)18-20-43)31(29)41(37(39)49)32(44)25-12-6-22(2)7-13-25;1-3-6-11(10)14(8-4-2)16(13-15)9-5-7-12;2*1-2-3-4/h10-21,28H,7-9,22,24-27H2,1-6H3,(H,46,56);6-17,43H,4-5,18-21H2,1-3H3,(H,38,48);3-6,8-9H2,1-2H3;2*2-3H2,1H3. The molecule has 2 aliphatic heterocycles. The molecule has 2 unspecified atom stereocenters. The van der Waals surface area contributed by atoms with Gasteiger partial charge in [0.1, 0.15) is 23.3 Å². The normalized spacial score (nSPS) is 12.2. The van der Waals surface area contributed by atoms with Gasteiger partial charge in [-0.3, -0.25) is 67.3 Å². The van der Waals surface area contributed by atoms with Crippen molar-refractivity contribution in [1.82, 2.24) is 44.9 Å². The van der Waals surface area contributed by atoms with Crippen LogP contribution in [0, 0.1) is 55.3 Å². The number of benzene rings is 6. The molecule has 0 radical (unpaired) electrons. The van der Waals surface area contributed by atoms with Crippen LogP contribution in [-0.2, 0) is 47.8 Å². The number of hydrogen-bond donors (Lipinski definition) is 3. The van der Waals surface area contributed by atoms with Crippen LogP contribution in [0.5, 0.6) is 0 Å². The fraction of sp³-hybridized carbons (Fsp3) is 0.396. The van der Waals surface area contributed by atoms with Crippen molar-refractivity contribution in [3.8, 4) is 12.1 Å². The average molecular weight is 2300 g/mol. The molecule has 2 atom stereocenters. The maximum absolute atomic E-state index is 14.5. The summed E-state index contributed by atoms with van der Waals surface area (Å²) in [5.41, 5.74) is -0.882. The maximum atomic E-state index is 14.5. The molecule has 133 heavy (non-hydrogen) atoms. The SMILES string of the molecule is CCCCn1c(=O)c2c(n(C(=O)c3ccc(C)cc3)c1=O)N(c1ccc(CCO)cc1)c1[nH]c(=O)n(C(=O)c3ccc(C)cc3)c(=O)c1C2.CCCCn1c(=O)c2c(n(C(=O)c3ccc(C)cc3)c1=O)N(c1ccc(CCOP(OCCC#N)N(C)C(C)C)cc1)c1[nH]c(=O)n(C(=O)c3ccc(C)cc3)c(=O)c1C2.CCCI.CCCI.CCCN(P(CCC#N)N=O)I(I)CCC. The fourth-order valence-corrected chi connectivity index (χ4v) is 29.6. The molecule has 0 amide bonds. The van der Waals surface area contributed by atoms with E-state index in [0.717, 1.165) is 64.6 Å². The number of nitrogens with zero attached hydrogens (tertiary/aromatic N) is 13. The van der Waals surface area contributed by atoms with Crippen molar-refractivity contribution in [3.05, 3.63) is 312 Å². The van der Waals surface area contributed by atoms with Crippen LogP contribution in [0.2, 0.25) is 0 Å². The molecule has 6 heterocycles. The number of aryl methyl sites for hydroxylation is 4. The van der Waals surface area contributed by atoms with Gasteiger partial charge < -0.3 is 14.2 Å². The molecule has 0 fully saturated rings. The summed E-state index contributed by atoms with van der Waals surface area (Å²) in [5, 5.41) is 27.0. The summed E-state index contributed by atoms with van der Waals surface area (Å²) < 4.78 is 25.0. The Bertz CT molecular complexity index is 6300. The van der Waals surface area contributed by atoms with E-state index in [-0.39, 0.29) is 126 Å². The average Bonchev–Trinajstić information content (AvgIpc) is 0.716. The Balaban J connectivity index is 0.000000266. The van der Waals surface area contributed by atoms with Crippen molar-refractivity contribution in [2.24, 2.45) is 4.95 Å². The number of halogens is 4. The number of carbonyl (C=O) groups is 4. The van der Waals surface area contributed by atoms with E-state index < -0.39 is 101 Å². The number of aliphatic hydroxyl groups is 1. The summed E-state index contributed by atoms with van der Waals surface area (Å²) in [6.07, 6.45) is 8.49. The fourth-order valence-electron chi connectivity index (χ4n) is 13.8. The number of H-pyrrole nitrogens is 2. The molecule has 0 bridgehead atoms. The third-order valence-electron chi connectivity index (χ3n) is 21.1. The summed E-state index contributed by atoms with van der Waals surface area (Å²) in [6, 6.07) is 44.1. The van der Waals surface area contributed by atoms with Gasteiger partial charge in [-0.15, -0.1) is 0 Å². The Hall–Kier alpha value is -9.52. The zero-order valence-electron chi connectivity index (χ0n) is 77.2. The molecule has 12 rings (SSSR count). The van der Waals surface area contributed by atoms with Crippen LogP contribution in [0.25, 0.3) is 0 Å². The molecule has 10 aromatic rings. The number of aliphatic hydroxyl groups excluding tert-OH is 1. The van der Waals surface area contributed by atoms with Gasteiger partial charge in [-0.05, 0) is 180 Å². The summed E-state index contributed by atoms with van der Waals surface area (Å²) in [4.78, 5) is 192. The number of nitrogens with one attached hydrogen (secondary N) is 2. The minimum atomic E-state index is -1.43. The number of anilines is 6. The van der Waals surface area contributed by atoms with Crippen molar-refractivity contribution < 1.29 is 33.3 Å². The number of aromatic amines is 2. The number of unbranched alkanes of at least 4 members (excludes halogenated alkanes) is 2. The van der Waals surface area contributed by atoms with Crippen molar-refractivity contribution in [2.75, 3.05) is 62.7 Å². The molecule has 3 N–H and O–H groups in total. The molecule has 6 aromatic carbocycles. The number of fused-ring (bicyclic) bond motifs is 4. The van der Waals surface area contributed by atoms with E-state index in [1.54, 1.807) is 121 Å².